The lowest BCUT2D eigenvalue weighted by Crippen LogP contribution is -2.27. The molecule has 0 bridgehead atoms. The molecule has 1 heterocycles. The van der Waals surface area contributed by atoms with Crippen LogP contribution < -0.4 is 4.74 Å². The van der Waals surface area contributed by atoms with E-state index in [1.807, 2.05) is 0 Å². The third kappa shape index (κ3) is 5.10. The molecule has 0 radical (unpaired) electrons. The summed E-state index contributed by atoms with van der Waals surface area (Å²) in [5, 5.41) is 0. The van der Waals surface area contributed by atoms with Crippen molar-refractivity contribution in [2.45, 2.75) is 26.1 Å². The lowest BCUT2D eigenvalue weighted by molar-refractivity contribution is -0.206. The predicted octanol–water partition coefficient (Wildman–Crippen LogP) is 5.87. The Morgan fingerprint density at radius 2 is 1.52 bits per heavy atom. The summed E-state index contributed by atoms with van der Waals surface area (Å²) in [7, 11) is 1.70. The van der Waals surface area contributed by atoms with Crippen LogP contribution in [0.2, 0.25) is 0 Å². The van der Waals surface area contributed by atoms with E-state index in [0.29, 0.717) is 41.4 Å². The molecule has 0 unspecified atom stereocenters. The van der Waals surface area contributed by atoms with Gasteiger partial charge in [-0.1, -0.05) is 49.7 Å². The Morgan fingerprint density at radius 1 is 0.879 bits per heavy atom. The quantitative estimate of drug-likeness (QED) is 0.418. The molecule has 4 rings (SSSR count). The molecule has 33 heavy (non-hydrogen) atoms. The van der Waals surface area contributed by atoms with Gasteiger partial charge < -0.3 is 14.2 Å². The van der Waals surface area contributed by atoms with Crippen molar-refractivity contribution in [2.24, 2.45) is 5.92 Å². The first-order chi connectivity index (χ1) is 16.0. The van der Waals surface area contributed by atoms with E-state index >= 15 is 0 Å². The second-order valence-corrected chi connectivity index (χ2v) is 8.14. The molecule has 3 aromatic rings. The van der Waals surface area contributed by atoms with Crippen LogP contribution in [-0.2, 0) is 9.47 Å². The molecule has 172 valence electrons. The van der Waals surface area contributed by atoms with Crippen molar-refractivity contribution in [3.8, 4) is 28.0 Å². The molecule has 1 saturated heterocycles. The summed E-state index contributed by atoms with van der Waals surface area (Å²) in [6, 6.07) is 14.4. The topological polar surface area (TPSA) is 27.7 Å². The van der Waals surface area contributed by atoms with Crippen LogP contribution in [0, 0.1) is 23.4 Å². The van der Waals surface area contributed by atoms with E-state index in [1.165, 1.54) is 18.2 Å². The molecule has 0 saturated carbocycles. The number of hydrogen-bond acceptors (Lipinski definition) is 3. The highest BCUT2D eigenvalue weighted by atomic mass is 19.2. The van der Waals surface area contributed by atoms with E-state index in [4.69, 9.17) is 14.2 Å². The molecule has 0 aromatic heterocycles. The second kappa shape index (κ2) is 10.4. The lowest BCUT2D eigenvalue weighted by Gasteiger charge is -2.29. The van der Waals surface area contributed by atoms with E-state index in [-0.39, 0.29) is 17.8 Å². The number of ether oxygens (including phenoxy) is 3. The third-order valence-corrected chi connectivity index (χ3v) is 5.78. The van der Waals surface area contributed by atoms with Gasteiger partial charge in [-0.15, -0.1) is 0 Å². The number of hydrogen-bond donors (Lipinski definition) is 0. The zero-order chi connectivity index (χ0) is 23.4. The normalized spacial score (nSPS) is 18.3. The van der Waals surface area contributed by atoms with E-state index in [0.717, 1.165) is 12.8 Å². The maximum atomic E-state index is 14.9. The van der Waals surface area contributed by atoms with Crippen LogP contribution >= 0.6 is 0 Å². The minimum absolute atomic E-state index is 0.117. The molecular formula is C26H26BF3O3. The standard InChI is InChI=1S/C26H26BF3O3/c1-2-3-16-13-31-26(32-14-16)19-8-9-20(22(28)12-19)17-4-6-18(7-5-17)21-10-11-23(33-15-27)25(30)24(21)29/h4-12,16,26H,2-3,13-15,27H2,1H3. The molecular weight excluding hydrogens is 428 g/mol. The average molecular weight is 454 g/mol. The Hall–Kier alpha value is -2.77. The maximum absolute atomic E-state index is 14.9. The summed E-state index contributed by atoms with van der Waals surface area (Å²) in [4.78, 5) is 0. The Balaban J connectivity index is 1.51. The first kappa shape index (κ1) is 23.4. The van der Waals surface area contributed by atoms with Gasteiger partial charge in [0.1, 0.15) is 5.82 Å². The van der Waals surface area contributed by atoms with E-state index in [1.54, 1.807) is 44.2 Å². The molecule has 7 heteroatoms. The van der Waals surface area contributed by atoms with Gasteiger partial charge in [-0.05, 0) is 35.7 Å². The first-order valence-electron chi connectivity index (χ1n) is 11.3. The summed E-state index contributed by atoms with van der Waals surface area (Å²) in [6.45, 7) is 3.57. The van der Waals surface area contributed by atoms with Crippen LogP contribution in [0.5, 0.6) is 5.75 Å². The van der Waals surface area contributed by atoms with Gasteiger partial charge in [-0.25, -0.2) is 8.78 Å². The average Bonchev–Trinajstić information content (AvgIpc) is 2.83. The van der Waals surface area contributed by atoms with Gasteiger partial charge in [0.2, 0.25) is 5.82 Å². The van der Waals surface area contributed by atoms with Crippen LogP contribution in [0.15, 0.2) is 54.6 Å². The van der Waals surface area contributed by atoms with Crippen molar-refractivity contribution in [1.29, 1.82) is 0 Å². The van der Waals surface area contributed by atoms with Crippen molar-refractivity contribution in [3.05, 3.63) is 77.6 Å². The second-order valence-electron chi connectivity index (χ2n) is 8.14. The molecule has 0 N–H and O–H groups in total. The van der Waals surface area contributed by atoms with Crippen LogP contribution in [0.3, 0.4) is 0 Å². The van der Waals surface area contributed by atoms with Crippen molar-refractivity contribution >= 4 is 7.85 Å². The van der Waals surface area contributed by atoms with E-state index in [2.05, 4.69) is 6.92 Å². The summed E-state index contributed by atoms with van der Waals surface area (Å²) < 4.78 is 60.3. The zero-order valence-electron chi connectivity index (χ0n) is 18.7. The molecule has 1 fully saturated rings. The van der Waals surface area contributed by atoms with Gasteiger partial charge >= 0.3 is 0 Å². The van der Waals surface area contributed by atoms with Gasteiger partial charge in [-0.3, -0.25) is 0 Å². The summed E-state index contributed by atoms with van der Waals surface area (Å²) in [5.41, 5.74) is 2.27. The van der Waals surface area contributed by atoms with Crippen LogP contribution in [0.25, 0.3) is 22.3 Å². The van der Waals surface area contributed by atoms with E-state index in [9.17, 15) is 13.2 Å². The van der Waals surface area contributed by atoms with Crippen molar-refractivity contribution in [2.75, 3.05) is 19.7 Å². The number of halogens is 3. The molecule has 0 amide bonds. The largest absolute Gasteiger partial charge is 0.500 e. The SMILES string of the molecule is BCOc1ccc(-c2ccc(-c3ccc(C4OCC(CCC)CO4)cc3F)cc2)c(F)c1F. The van der Waals surface area contributed by atoms with Crippen molar-refractivity contribution in [1.82, 2.24) is 0 Å². The fourth-order valence-electron chi connectivity index (χ4n) is 4.07. The number of rotatable bonds is 7. The van der Waals surface area contributed by atoms with Gasteiger partial charge in [-0.2, -0.15) is 4.39 Å². The Labute approximate surface area is 192 Å². The fraction of sp³-hybridized carbons (Fsp3) is 0.308. The highest BCUT2D eigenvalue weighted by Crippen LogP contribution is 2.33. The molecule has 1 aliphatic heterocycles. The van der Waals surface area contributed by atoms with Crippen LogP contribution in [-0.4, -0.2) is 27.6 Å². The molecule has 0 spiro atoms. The molecule has 1 aliphatic rings. The molecule has 0 aliphatic carbocycles. The molecule has 3 nitrogen and oxygen atoms in total. The van der Waals surface area contributed by atoms with Gasteiger partial charge in [0.05, 0.1) is 19.7 Å². The minimum Gasteiger partial charge on any atom is -0.500 e. The van der Waals surface area contributed by atoms with Crippen molar-refractivity contribution < 1.29 is 27.4 Å². The first-order valence-corrected chi connectivity index (χ1v) is 11.3. The van der Waals surface area contributed by atoms with Crippen LogP contribution in [0.4, 0.5) is 13.2 Å². The van der Waals surface area contributed by atoms with Gasteiger partial charge in [0.15, 0.2) is 25.7 Å². The highest BCUT2D eigenvalue weighted by molar-refractivity contribution is 6.08. The number of benzene rings is 3. The molecule has 3 aromatic carbocycles. The Morgan fingerprint density at radius 3 is 2.12 bits per heavy atom. The molecule has 0 atom stereocenters. The summed E-state index contributed by atoms with van der Waals surface area (Å²) in [5.74, 6) is -2.14. The lowest BCUT2D eigenvalue weighted by atomic mass is 9.98. The smallest absolute Gasteiger partial charge is 0.201 e. The maximum Gasteiger partial charge on any atom is 0.201 e. The van der Waals surface area contributed by atoms with Gasteiger partial charge in [0.25, 0.3) is 0 Å². The van der Waals surface area contributed by atoms with E-state index < -0.39 is 23.7 Å². The Kier molecular flexibility index (Phi) is 7.41. The highest BCUT2D eigenvalue weighted by Gasteiger charge is 2.24. The predicted molar refractivity (Wildman–Crippen MR) is 124 cm³/mol. The fourth-order valence-corrected chi connectivity index (χ4v) is 4.07. The Bertz CT molecular complexity index is 1100. The van der Waals surface area contributed by atoms with Crippen molar-refractivity contribution in [3.63, 3.8) is 0 Å². The minimum atomic E-state index is -1.02. The zero-order valence-corrected chi connectivity index (χ0v) is 18.7. The van der Waals surface area contributed by atoms with Crippen LogP contribution in [0.1, 0.15) is 31.6 Å². The summed E-state index contributed by atoms with van der Waals surface area (Å²) in [6.07, 6.45) is 1.55. The summed E-state index contributed by atoms with van der Waals surface area (Å²) >= 11 is 0. The van der Waals surface area contributed by atoms with Gasteiger partial charge in [0, 0.05) is 22.6 Å². The third-order valence-electron chi connectivity index (χ3n) is 5.78. The monoisotopic (exact) mass is 454 g/mol.